The van der Waals surface area contributed by atoms with Gasteiger partial charge in [-0.05, 0) is 17.2 Å². The first-order chi connectivity index (χ1) is 9.70. The van der Waals surface area contributed by atoms with Crippen molar-refractivity contribution in [3.05, 3.63) is 52.4 Å². The van der Waals surface area contributed by atoms with E-state index in [9.17, 15) is 9.59 Å². The molecular weight excluding hydrogens is 260 g/mol. The topological polar surface area (TPSA) is 95.4 Å². The third-order valence-electron chi connectivity index (χ3n) is 2.71. The largest absolute Gasteiger partial charge is 0.444 e. The molecule has 0 bridgehead atoms. The zero-order valence-electron chi connectivity index (χ0n) is 10.5. The highest BCUT2D eigenvalue weighted by molar-refractivity contribution is 6.01. The van der Waals surface area contributed by atoms with E-state index in [4.69, 9.17) is 10.3 Å². The predicted molar refractivity (Wildman–Crippen MR) is 71.5 cm³/mol. The van der Waals surface area contributed by atoms with E-state index in [0.717, 1.165) is 10.5 Å². The molecule has 2 amide bonds. The second-order valence-electron chi connectivity index (χ2n) is 4.11. The number of azide groups is 1. The Morgan fingerprint density at radius 2 is 2.25 bits per heavy atom. The molecule has 7 heteroatoms. The van der Waals surface area contributed by atoms with E-state index in [1.54, 1.807) is 6.08 Å². The summed E-state index contributed by atoms with van der Waals surface area (Å²) in [6, 6.07) is 9.26. The van der Waals surface area contributed by atoms with E-state index < -0.39 is 18.1 Å². The molecule has 7 nitrogen and oxygen atoms in total. The fraction of sp³-hybridized carbons (Fsp3) is 0.231. The van der Waals surface area contributed by atoms with Crippen molar-refractivity contribution >= 4 is 18.1 Å². The fourth-order valence-electron chi connectivity index (χ4n) is 1.75. The second kappa shape index (κ2) is 6.40. The van der Waals surface area contributed by atoms with Gasteiger partial charge in [-0.15, -0.1) is 0 Å². The normalized spacial score (nSPS) is 17.9. The van der Waals surface area contributed by atoms with Crippen molar-refractivity contribution in [2.24, 2.45) is 5.11 Å². The molecule has 1 aromatic rings. The van der Waals surface area contributed by atoms with Gasteiger partial charge in [0, 0.05) is 11.0 Å². The Labute approximate surface area is 115 Å². The van der Waals surface area contributed by atoms with E-state index in [2.05, 4.69) is 10.0 Å². The summed E-state index contributed by atoms with van der Waals surface area (Å²) in [4.78, 5) is 27.0. The van der Waals surface area contributed by atoms with Crippen LogP contribution in [0.25, 0.3) is 16.5 Å². The minimum atomic E-state index is -0.717. The van der Waals surface area contributed by atoms with E-state index in [0.29, 0.717) is 0 Å². The molecule has 1 saturated heterocycles. The van der Waals surface area contributed by atoms with Crippen LogP contribution in [0.15, 0.2) is 41.5 Å². The number of imide groups is 1. The van der Waals surface area contributed by atoms with Crippen LogP contribution in [0.2, 0.25) is 0 Å². The van der Waals surface area contributed by atoms with Gasteiger partial charge in [0.2, 0.25) is 0 Å². The molecule has 1 aliphatic rings. The summed E-state index contributed by atoms with van der Waals surface area (Å²) in [5, 5.41) is 3.32. The van der Waals surface area contributed by atoms with Crippen LogP contribution in [-0.2, 0) is 9.53 Å². The SMILES string of the molecule is [N-]=[N+]=NCC1CN(C(=O)C=Cc2ccccc2)C(=O)O1. The van der Waals surface area contributed by atoms with Crippen LogP contribution in [0.5, 0.6) is 0 Å². The number of ether oxygens (including phenoxy) is 1. The molecule has 2 rings (SSSR count). The van der Waals surface area contributed by atoms with Crippen molar-refractivity contribution < 1.29 is 14.3 Å². The average molecular weight is 272 g/mol. The molecule has 0 N–H and O–H groups in total. The molecule has 1 aliphatic heterocycles. The highest BCUT2D eigenvalue weighted by Gasteiger charge is 2.34. The smallest absolute Gasteiger partial charge is 0.417 e. The van der Waals surface area contributed by atoms with Crippen molar-refractivity contribution in [1.82, 2.24) is 4.90 Å². The molecule has 0 radical (unpaired) electrons. The molecular formula is C13H12N4O3. The van der Waals surface area contributed by atoms with Gasteiger partial charge in [-0.3, -0.25) is 4.79 Å². The van der Waals surface area contributed by atoms with Gasteiger partial charge in [0.15, 0.2) is 0 Å². The molecule has 1 atom stereocenters. The molecule has 1 heterocycles. The molecule has 0 aromatic heterocycles. The van der Waals surface area contributed by atoms with E-state index in [-0.39, 0.29) is 13.1 Å². The van der Waals surface area contributed by atoms with Crippen molar-refractivity contribution in [2.45, 2.75) is 6.10 Å². The van der Waals surface area contributed by atoms with Gasteiger partial charge >= 0.3 is 6.09 Å². The lowest BCUT2D eigenvalue weighted by atomic mass is 10.2. The third kappa shape index (κ3) is 3.37. The summed E-state index contributed by atoms with van der Waals surface area (Å²) in [5.74, 6) is -0.456. The number of hydrogen-bond donors (Lipinski definition) is 0. The van der Waals surface area contributed by atoms with E-state index in [1.807, 2.05) is 30.3 Å². The first-order valence-corrected chi connectivity index (χ1v) is 5.97. The number of amides is 2. The summed E-state index contributed by atoms with van der Waals surface area (Å²) in [7, 11) is 0. The maximum atomic E-state index is 11.9. The lowest BCUT2D eigenvalue weighted by Crippen LogP contribution is -2.31. The standard InChI is InChI=1S/C13H12N4O3/c14-16-15-8-11-9-17(13(19)20-11)12(18)7-6-10-4-2-1-3-5-10/h1-7,11H,8-9H2. The third-order valence-corrected chi connectivity index (χ3v) is 2.71. The van der Waals surface area contributed by atoms with Gasteiger partial charge in [0.25, 0.3) is 5.91 Å². The van der Waals surface area contributed by atoms with Gasteiger partial charge in [0.05, 0.1) is 13.1 Å². The Morgan fingerprint density at radius 3 is 2.95 bits per heavy atom. The molecule has 1 fully saturated rings. The fourth-order valence-corrected chi connectivity index (χ4v) is 1.75. The molecule has 0 spiro atoms. The average Bonchev–Trinajstić information content (AvgIpc) is 2.85. The molecule has 102 valence electrons. The minimum Gasteiger partial charge on any atom is -0.444 e. The minimum absolute atomic E-state index is 0.0222. The van der Waals surface area contributed by atoms with Crippen LogP contribution >= 0.6 is 0 Å². The quantitative estimate of drug-likeness (QED) is 0.364. The van der Waals surface area contributed by atoms with Crippen LogP contribution in [0.3, 0.4) is 0 Å². The lowest BCUT2D eigenvalue weighted by molar-refractivity contribution is -0.122. The molecule has 1 unspecified atom stereocenters. The highest BCUT2D eigenvalue weighted by atomic mass is 16.6. The summed E-state index contributed by atoms with van der Waals surface area (Å²) < 4.78 is 4.92. The van der Waals surface area contributed by atoms with Gasteiger partial charge in [-0.25, -0.2) is 9.69 Å². The second-order valence-corrected chi connectivity index (χ2v) is 4.11. The summed E-state index contributed by atoms with van der Waals surface area (Å²) >= 11 is 0. The number of rotatable bonds is 4. The number of benzene rings is 1. The van der Waals surface area contributed by atoms with Gasteiger partial charge in [0.1, 0.15) is 6.10 Å². The van der Waals surface area contributed by atoms with Crippen LogP contribution in [0, 0.1) is 0 Å². The summed E-state index contributed by atoms with van der Waals surface area (Å²) in [6.07, 6.45) is 1.64. The monoisotopic (exact) mass is 272 g/mol. The lowest BCUT2D eigenvalue weighted by Gasteiger charge is -2.06. The Bertz CT molecular complexity index is 579. The van der Waals surface area contributed by atoms with Crippen LogP contribution in [-0.4, -0.2) is 36.1 Å². The highest BCUT2D eigenvalue weighted by Crippen LogP contribution is 2.13. The van der Waals surface area contributed by atoms with Crippen molar-refractivity contribution in [2.75, 3.05) is 13.1 Å². The Balaban J connectivity index is 1.97. The van der Waals surface area contributed by atoms with Crippen molar-refractivity contribution in [1.29, 1.82) is 0 Å². The Morgan fingerprint density at radius 1 is 1.50 bits per heavy atom. The van der Waals surface area contributed by atoms with Gasteiger partial charge in [-0.1, -0.05) is 35.4 Å². The van der Waals surface area contributed by atoms with Gasteiger partial charge in [-0.2, -0.15) is 0 Å². The molecule has 0 saturated carbocycles. The van der Waals surface area contributed by atoms with Crippen LogP contribution in [0.1, 0.15) is 5.56 Å². The number of nitrogens with zero attached hydrogens (tertiary/aromatic N) is 4. The van der Waals surface area contributed by atoms with Crippen LogP contribution < -0.4 is 0 Å². The maximum absolute atomic E-state index is 11.9. The molecule has 1 aromatic carbocycles. The first kappa shape index (κ1) is 13.6. The zero-order valence-corrected chi connectivity index (χ0v) is 10.5. The van der Waals surface area contributed by atoms with E-state index in [1.165, 1.54) is 6.08 Å². The summed E-state index contributed by atoms with van der Waals surface area (Å²) in [6.45, 7) is 0.115. The predicted octanol–water partition coefficient (Wildman–Crippen LogP) is 2.36. The first-order valence-electron chi connectivity index (χ1n) is 5.97. The molecule has 20 heavy (non-hydrogen) atoms. The number of carbonyl (C=O) groups excluding carboxylic acids is 2. The molecule has 0 aliphatic carbocycles. The Hall–Kier alpha value is -2.79. The summed E-state index contributed by atoms with van der Waals surface area (Å²) in [5.41, 5.74) is 9.06. The Kier molecular flexibility index (Phi) is 4.36. The van der Waals surface area contributed by atoms with E-state index >= 15 is 0 Å². The maximum Gasteiger partial charge on any atom is 0.417 e. The number of cyclic esters (lactones) is 1. The van der Waals surface area contributed by atoms with Crippen molar-refractivity contribution in [3.63, 3.8) is 0 Å². The van der Waals surface area contributed by atoms with Gasteiger partial charge < -0.3 is 4.74 Å². The number of carbonyl (C=O) groups is 2. The number of hydrogen-bond acceptors (Lipinski definition) is 4. The van der Waals surface area contributed by atoms with Crippen molar-refractivity contribution in [3.8, 4) is 0 Å². The zero-order chi connectivity index (χ0) is 14.4. The van der Waals surface area contributed by atoms with Crippen LogP contribution in [0.4, 0.5) is 4.79 Å².